The normalized spacial score (nSPS) is 45.2. The van der Waals surface area contributed by atoms with Crippen LogP contribution >= 0.6 is 0 Å². The van der Waals surface area contributed by atoms with Gasteiger partial charge in [0.15, 0.2) is 0 Å². The van der Waals surface area contributed by atoms with Crippen molar-refractivity contribution in [3.05, 3.63) is 0 Å². The van der Waals surface area contributed by atoms with Crippen molar-refractivity contribution in [3.8, 4) is 0 Å². The van der Waals surface area contributed by atoms with E-state index in [2.05, 4.69) is 27.4 Å². The van der Waals surface area contributed by atoms with Crippen LogP contribution in [0.15, 0.2) is 0 Å². The van der Waals surface area contributed by atoms with E-state index in [4.69, 9.17) is 0 Å². The predicted molar refractivity (Wildman–Crippen MR) is 137 cm³/mol. The number of piperazine rings is 1. The van der Waals surface area contributed by atoms with E-state index in [1.54, 1.807) is 0 Å². The van der Waals surface area contributed by atoms with Crippen LogP contribution < -0.4 is 10.6 Å². The minimum atomic E-state index is -0.916. The Morgan fingerprint density at radius 1 is 0.919 bits per heavy atom. The lowest BCUT2D eigenvalue weighted by Crippen LogP contribution is -2.56. The standard InChI is InChI=1S/C27H44F2N6O2/c1-16-3-4-23(29)22-12-24(31-25(16)22)26(36)30-18-9-17(28)10-20(11-18)33-6-5-19(14-33)34-7-8-35-21(15-34)13-32(2)27(35)37/h16-25,31H,3-15H2,1-2H3,(H,30,36)/t16?,17?,18?,19-,20?,21+,22?,23?,24?,25?/m1/s1. The summed E-state index contributed by atoms with van der Waals surface area (Å²) in [6, 6.07) is 0.516. The molecular weight excluding hydrogens is 478 g/mol. The SMILES string of the molecule is CC1CCC(F)C2CC(C(=O)NC3CC(F)CC(N4CC[C@@H](N5CCN6C(=O)N(C)C[C@H]6C5)C4)C3)NC12. The minimum absolute atomic E-state index is 0.0682. The van der Waals surface area contributed by atoms with Crippen LogP contribution in [-0.4, -0.2) is 126 Å². The highest BCUT2D eigenvalue weighted by atomic mass is 19.1. The summed E-state index contributed by atoms with van der Waals surface area (Å²) in [6.45, 7) is 7.42. The molecule has 2 N–H and O–H groups in total. The number of hydrogen-bond acceptors (Lipinski definition) is 5. The molecule has 10 atom stereocenters. The number of likely N-dealkylation sites (tertiary alicyclic amines) is 1. The summed E-state index contributed by atoms with van der Waals surface area (Å²) < 4.78 is 29.4. The van der Waals surface area contributed by atoms with E-state index >= 15 is 0 Å². The van der Waals surface area contributed by atoms with Crippen molar-refractivity contribution in [3.63, 3.8) is 0 Å². The molecule has 0 radical (unpaired) electrons. The zero-order chi connectivity index (χ0) is 25.8. The van der Waals surface area contributed by atoms with Gasteiger partial charge in [-0.15, -0.1) is 0 Å². The van der Waals surface area contributed by atoms with Crippen molar-refractivity contribution in [1.29, 1.82) is 0 Å². The molecule has 0 aromatic carbocycles. The molecule has 208 valence electrons. The van der Waals surface area contributed by atoms with Gasteiger partial charge in [-0.3, -0.25) is 14.6 Å². The van der Waals surface area contributed by atoms with Gasteiger partial charge in [0.25, 0.3) is 0 Å². The number of nitrogens with one attached hydrogen (secondary N) is 2. The summed E-state index contributed by atoms with van der Waals surface area (Å²) in [6.07, 6.45) is 2.99. The van der Waals surface area contributed by atoms with Gasteiger partial charge in [0, 0.05) is 76.4 Å². The van der Waals surface area contributed by atoms with Crippen LogP contribution in [0.3, 0.4) is 0 Å². The first kappa shape index (κ1) is 25.7. The average molecular weight is 523 g/mol. The molecule has 37 heavy (non-hydrogen) atoms. The van der Waals surface area contributed by atoms with Crippen LogP contribution in [0.1, 0.15) is 51.9 Å². The summed E-state index contributed by atoms with van der Waals surface area (Å²) in [5.41, 5.74) is 0. The zero-order valence-electron chi connectivity index (χ0n) is 22.3. The van der Waals surface area contributed by atoms with Crippen LogP contribution in [0.2, 0.25) is 0 Å². The van der Waals surface area contributed by atoms with Gasteiger partial charge in [0.05, 0.1) is 12.1 Å². The number of nitrogens with zero attached hydrogens (tertiary/aromatic N) is 4. The van der Waals surface area contributed by atoms with Crippen molar-refractivity contribution in [2.45, 2.75) is 100 Å². The largest absolute Gasteiger partial charge is 0.352 e. The highest BCUT2D eigenvalue weighted by molar-refractivity contribution is 5.82. The van der Waals surface area contributed by atoms with Crippen molar-refractivity contribution in [2.75, 3.05) is 46.3 Å². The van der Waals surface area contributed by atoms with Gasteiger partial charge in [-0.2, -0.15) is 0 Å². The monoisotopic (exact) mass is 522 g/mol. The summed E-state index contributed by atoms with van der Waals surface area (Å²) in [7, 11) is 1.88. The molecule has 0 bridgehead atoms. The smallest absolute Gasteiger partial charge is 0.320 e. The van der Waals surface area contributed by atoms with Gasteiger partial charge in [0.2, 0.25) is 5.91 Å². The van der Waals surface area contributed by atoms with Crippen LogP contribution in [0.5, 0.6) is 0 Å². The molecule has 0 spiro atoms. The van der Waals surface area contributed by atoms with E-state index in [-0.39, 0.29) is 48.1 Å². The number of hydrogen-bond donors (Lipinski definition) is 2. The van der Waals surface area contributed by atoms with E-state index in [0.29, 0.717) is 37.6 Å². The molecule has 4 saturated heterocycles. The third-order valence-electron chi connectivity index (χ3n) is 10.4. The molecule has 8 unspecified atom stereocenters. The van der Waals surface area contributed by atoms with Gasteiger partial charge in [-0.1, -0.05) is 6.92 Å². The van der Waals surface area contributed by atoms with Crippen LogP contribution in [0.4, 0.5) is 13.6 Å². The van der Waals surface area contributed by atoms with Gasteiger partial charge in [-0.25, -0.2) is 13.6 Å². The molecule has 6 aliphatic rings. The van der Waals surface area contributed by atoms with E-state index in [1.165, 1.54) is 0 Å². The average Bonchev–Trinajstić information content (AvgIpc) is 3.60. The van der Waals surface area contributed by atoms with Gasteiger partial charge in [0.1, 0.15) is 12.3 Å². The fourth-order valence-electron chi connectivity index (χ4n) is 8.37. The topological polar surface area (TPSA) is 71.2 Å². The van der Waals surface area contributed by atoms with Crippen LogP contribution in [-0.2, 0) is 4.79 Å². The Balaban J connectivity index is 1.01. The highest BCUT2D eigenvalue weighted by Crippen LogP contribution is 2.39. The first-order valence-corrected chi connectivity index (χ1v) is 14.6. The summed E-state index contributed by atoms with van der Waals surface area (Å²) in [5, 5.41) is 6.56. The Morgan fingerprint density at radius 3 is 2.51 bits per heavy atom. The van der Waals surface area contributed by atoms with Gasteiger partial charge >= 0.3 is 6.03 Å². The third kappa shape index (κ3) is 4.98. The number of urea groups is 1. The molecule has 6 rings (SSSR count). The second-order valence-electron chi connectivity index (χ2n) is 12.8. The zero-order valence-corrected chi connectivity index (χ0v) is 22.3. The van der Waals surface area contributed by atoms with E-state index < -0.39 is 12.3 Å². The highest BCUT2D eigenvalue weighted by Gasteiger charge is 2.47. The molecule has 4 aliphatic heterocycles. The lowest BCUT2D eigenvalue weighted by molar-refractivity contribution is -0.124. The first-order valence-electron chi connectivity index (χ1n) is 14.6. The van der Waals surface area contributed by atoms with E-state index in [0.717, 1.165) is 58.5 Å². The van der Waals surface area contributed by atoms with Crippen molar-refractivity contribution >= 4 is 11.9 Å². The fraction of sp³-hybridized carbons (Fsp3) is 0.926. The van der Waals surface area contributed by atoms with Gasteiger partial charge in [-0.05, 0) is 50.9 Å². The summed E-state index contributed by atoms with van der Waals surface area (Å²) >= 11 is 0. The molecule has 3 amide bonds. The Kier molecular flexibility index (Phi) is 7.11. The number of rotatable bonds is 4. The predicted octanol–water partition coefficient (Wildman–Crippen LogP) is 1.60. The second kappa shape index (κ2) is 10.2. The molecule has 2 aliphatic carbocycles. The number of fused-ring (bicyclic) bond motifs is 2. The number of halogens is 2. The number of alkyl halides is 2. The minimum Gasteiger partial charge on any atom is -0.352 e. The fourth-order valence-corrected chi connectivity index (χ4v) is 8.37. The van der Waals surface area contributed by atoms with E-state index in [9.17, 15) is 18.4 Å². The van der Waals surface area contributed by atoms with E-state index in [1.807, 2.05) is 16.8 Å². The lowest BCUT2D eigenvalue weighted by atomic mass is 9.77. The van der Waals surface area contributed by atoms with Crippen molar-refractivity contribution < 1.29 is 18.4 Å². The number of amides is 3. The summed E-state index contributed by atoms with van der Waals surface area (Å²) in [4.78, 5) is 34.2. The Bertz CT molecular complexity index is 862. The molecule has 4 heterocycles. The van der Waals surface area contributed by atoms with Crippen LogP contribution in [0.25, 0.3) is 0 Å². The molecule has 2 saturated carbocycles. The van der Waals surface area contributed by atoms with Gasteiger partial charge < -0.3 is 20.4 Å². The maximum Gasteiger partial charge on any atom is 0.320 e. The Labute approximate surface area is 219 Å². The Morgan fingerprint density at radius 2 is 1.70 bits per heavy atom. The molecule has 0 aromatic heterocycles. The van der Waals surface area contributed by atoms with Crippen molar-refractivity contribution in [2.24, 2.45) is 11.8 Å². The lowest BCUT2D eigenvalue weighted by Gasteiger charge is -2.41. The molecule has 6 fully saturated rings. The summed E-state index contributed by atoms with van der Waals surface area (Å²) in [5.74, 6) is 0.212. The third-order valence-corrected chi connectivity index (χ3v) is 10.4. The maximum atomic E-state index is 14.9. The molecular formula is C27H44F2N6O2. The molecule has 10 heteroatoms. The molecule has 8 nitrogen and oxygen atoms in total. The number of carbonyl (C=O) groups excluding carboxylic acids is 2. The molecule has 0 aromatic rings. The van der Waals surface area contributed by atoms with Crippen LogP contribution in [0, 0.1) is 11.8 Å². The van der Waals surface area contributed by atoms with Crippen molar-refractivity contribution in [1.82, 2.24) is 30.2 Å². The Hall–Kier alpha value is -1.52. The quantitative estimate of drug-likeness (QED) is 0.587. The second-order valence-corrected chi connectivity index (χ2v) is 12.8. The first-order chi connectivity index (χ1) is 17.8. The number of likely N-dealkylation sites (N-methyl/N-ethyl adjacent to an activating group) is 1. The number of carbonyl (C=O) groups is 2. The maximum absolute atomic E-state index is 14.9.